The molecule has 0 spiro atoms. The van der Waals surface area contributed by atoms with Crippen LogP contribution in [0.25, 0.3) is 0 Å². The van der Waals surface area contributed by atoms with Crippen molar-refractivity contribution in [1.29, 1.82) is 0 Å². The van der Waals surface area contributed by atoms with Gasteiger partial charge in [-0.15, -0.1) is 0 Å². The van der Waals surface area contributed by atoms with Gasteiger partial charge in [0.15, 0.2) is 0 Å². The number of hydrogen-bond acceptors (Lipinski definition) is 5. The standard InChI is InChI=1S/C26H28N2O5S/c1-26(2)17-23(22-11-7-8-12-24(22)33-26)27-25(29)18-28(34(3,30)31)19-13-15-21(16-14-19)32-20-9-5-4-6-10-20/h4-16,23H,17-18H2,1-3H3,(H,27,29). The van der Waals surface area contributed by atoms with Crippen molar-refractivity contribution in [3.8, 4) is 17.2 Å². The predicted molar refractivity (Wildman–Crippen MR) is 132 cm³/mol. The number of carbonyl (C=O) groups is 1. The van der Waals surface area contributed by atoms with E-state index in [2.05, 4.69) is 5.32 Å². The van der Waals surface area contributed by atoms with E-state index in [-0.39, 0.29) is 12.6 Å². The molecule has 1 N–H and O–H groups in total. The summed E-state index contributed by atoms with van der Waals surface area (Å²) < 4.78 is 37.9. The fourth-order valence-corrected chi connectivity index (χ4v) is 4.86. The fourth-order valence-electron chi connectivity index (χ4n) is 4.01. The first-order valence-electron chi connectivity index (χ1n) is 11.0. The lowest BCUT2D eigenvalue weighted by molar-refractivity contribution is -0.120. The maximum atomic E-state index is 13.0. The third-order valence-electron chi connectivity index (χ3n) is 5.50. The highest BCUT2D eigenvalue weighted by molar-refractivity contribution is 7.92. The van der Waals surface area contributed by atoms with Crippen LogP contribution in [0.1, 0.15) is 31.9 Å². The van der Waals surface area contributed by atoms with Crippen LogP contribution in [0.3, 0.4) is 0 Å². The number of amides is 1. The van der Waals surface area contributed by atoms with Crippen molar-refractivity contribution in [3.63, 3.8) is 0 Å². The van der Waals surface area contributed by atoms with E-state index in [0.717, 1.165) is 21.9 Å². The van der Waals surface area contributed by atoms with Crippen LogP contribution in [-0.4, -0.2) is 32.7 Å². The Labute approximate surface area is 200 Å². The van der Waals surface area contributed by atoms with E-state index < -0.39 is 21.5 Å². The average Bonchev–Trinajstić information content (AvgIpc) is 2.77. The number of carbonyl (C=O) groups excluding carboxylic acids is 1. The van der Waals surface area contributed by atoms with E-state index in [1.807, 2.05) is 68.4 Å². The van der Waals surface area contributed by atoms with Crippen LogP contribution in [-0.2, 0) is 14.8 Å². The normalized spacial score (nSPS) is 16.6. The number of benzene rings is 3. The minimum atomic E-state index is -3.70. The number of nitrogens with one attached hydrogen (secondary N) is 1. The van der Waals surface area contributed by atoms with E-state index in [1.165, 1.54) is 0 Å². The molecule has 1 aliphatic rings. The molecule has 3 aromatic carbocycles. The number of sulfonamides is 1. The Hall–Kier alpha value is -3.52. The third-order valence-corrected chi connectivity index (χ3v) is 6.64. The van der Waals surface area contributed by atoms with Gasteiger partial charge in [-0.05, 0) is 56.3 Å². The van der Waals surface area contributed by atoms with Crippen LogP contribution >= 0.6 is 0 Å². The number of fused-ring (bicyclic) bond motifs is 1. The molecule has 34 heavy (non-hydrogen) atoms. The Kier molecular flexibility index (Phi) is 6.52. The lowest BCUT2D eigenvalue weighted by Crippen LogP contribution is -2.45. The van der Waals surface area contributed by atoms with Crippen LogP contribution in [0.5, 0.6) is 17.2 Å². The molecule has 0 fully saturated rings. The Morgan fingerprint density at radius 2 is 1.62 bits per heavy atom. The van der Waals surface area contributed by atoms with Gasteiger partial charge in [-0.1, -0.05) is 36.4 Å². The smallest absolute Gasteiger partial charge is 0.241 e. The average molecular weight is 481 g/mol. The van der Waals surface area contributed by atoms with Gasteiger partial charge in [-0.2, -0.15) is 0 Å². The topological polar surface area (TPSA) is 84.9 Å². The summed E-state index contributed by atoms with van der Waals surface area (Å²) in [6, 6.07) is 23.2. The lowest BCUT2D eigenvalue weighted by atomic mass is 9.89. The summed E-state index contributed by atoms with van der Waals surface area (Å²) in [6.45, 7) is 3.59. The minimum Gasteiger partial charge on any atom is -0.487 e. The van der Waals surface area contributed by atoms with Gasteiger partial charge in [0.2, 0.25) is 15.9 Å². The van der Waals surface area contributed by atoms with Gasteiger partial charge < -0.3 is 14.8 Å². The Balaban J connectivity index is 1.49. The molecule has 1 amide bonds. The summed E-state index contributed by atoms with van der Waals surface area (Å²) >= 11 is 0. The summed E-state index contributed by atoms with van der Waals surface area (Å²) in [6.07, 6.45) is 1.65. The molecular weight excluding hydrogens is 452 g/mol. The molecule has 178 valence electrons. The molecule has 0 bridgehead atoms. The van der Waals surface area contributed by atoms with Gasteiger partial charge in [0.25, 0.3) is 0 Å². The van der Waals surface area contributed by atoms with Crippen LogP contribution in [0.15, 0.2) is 78.9 Å². The number of ether oxygens (including phenoxy) is 2. The second kappa shape index (κ2) is 9.38. The Bertz CT molecular complexity index is 1260. The summed E-state index contributed by atoms with van der Waals surface area (Å²) in [4.78, 5) is 13.0. The fraction of sp³-hybridized carbons (Fsp3) is 0.269. The van der Waals surface area contributed by atoms with Crippen LogP contribution < -0.4 is 19.1 Å². The summed E-state index contributed by atoms with van der Waals surface area (Å²) in [5, 5.41) is 3.00. The van der Waals surface area contributed by atoms with Crippen molar-refractivity contribution >= 4 is 21.6 Å². The molecule has 1 unspecified atom stereocenters. The molecular formula is C26H28N2O5S. The maximum absolute atomic E-state index is 13.0. The molecule has 0 aromatic heterocycles. The predicted octanol–water partition coefficient (Wildman–Crippen LogP) is 4.66. The second-order valence-electron chi connectivity index (χ2n) is 8.90. The number of nitrogens with zero attached hydrogens (tertiary/aromatic N) is 1. The van der Waals surface area contributed by atoms with Crippen molar-refractivity contribution in [1.82, 2.24) is 5.32 Å². The van der Waals surface area contributed by atoms with Crippen molar-refractivity contribution in [3.05, 3.63) is 84.4 Å². The molecule has 1 aliphatic heterocycles. The monoisotopic (exact) mass is 480 g/mol. The molecule has 7 nitrogen and oxygen atoms in total. The largest absolute Gasteiger partial charge is 0.487 e. The van der Waals surface area contributed by atoms with Crippen molar-refractivity contribution < 1.29 is 22.7 Å². The number of rotatable bonds is 7. The molecule has 1 heterocycles. The van der Waals surface area contributed by atoms with Crippen LogP contribution in [0.4, 0.5) is 5.69 Å². The Morgan fingerprint density at radius 3 is 2.29 bits per heavy atom. The summed E-state index contributed by atoms with van der Waals surface area (Å²) in [5.74, 6) is 1.56. The molecule has 0 radical (unpaired) electrons. The van der Waals surface area contributed by atoms with E-state index in [9.17, 15) is 13.2 Å². The highest BCUT2D eigenvalue weighted by Crippen LogP contribution is 2.39. The van der Waals surface area contributed by atoms with Gasteiger partial charge in [0.1, 0.15) is 29.4 Å². The summed E-state index contributed by atoms with van der Waals surface area (Å²) in [5.41, 5.74) is 0.798. The molecule has 0 aliphatic carbocycles. The Morgan fingerprint density at radius 1 is 1.00 bits per heavy atom. The van der Waals surface area contributed by atoms with E-state index in [0.29, 0.717) is 23.6 Å². The van der Waals surface area contributed by atoms with Gasteiger partial charge in [-0.25, -0.2) is 8.42 Å². The number of hydrogen-bond donors (Lipinski definition) is 1. The van der Waals surface area contributed by atoms with Crippen LogP contribution in [0, 0.1) is 0 Å². The van der Waals surface area contributed by atoms with Gasteiger partial charge >= 0.3 is 0 Å². The van der Waals surface area contributed by atoms with E-state index >= 15 is 0 Å². The first-order valence-corrected chi connectivity index (χ1v) is 12.8. The molecule has 4 rings (SSSR count). The minimum absolute atomic E-state index is 0.282. The highest BCUT2D eigenvalue weighted by atomic mass is 32.2. The molecule has 3 aromatic rings. The first-order chi connectivity index (χ1) is 16.1. The molecule has 0 saturated carbocycles. The molecule has 1 atom stereocenters. The molecule has 8 heteroatoms. The van der Waals surface area contributed by atoms with Crippen molar-refractivity contribution in [2.75, 3.05) is 17.1 Å². The van der Waals surface area contributed by atoms with Gasteiger partial charge in [0, 0.05) is 12.0 Å². The van der Waals surface area contributed by atoms with Crippen molar-refractivity contribution in [2.24, 2.45) is 0 Å². The van der Waals surface area contributed by atoms with Crippen molar-refractivity contribution in [2.45, 2.75) is 31.9 Å². The lowest BCUT2D eigenvalue weighted by Gasteiger charge is -2.38. The summed E-state index contributed by atoms with van der Waals surface area (Å²) in [7, 11) is -3.70. The number of para-hydroxylation sites is 2. The zero-order chi connectivity index (χ0) is 24.3. The first kappa shape index (κ1) is 23.6. The second-order valence-corrected chi connectivity index (χ2v) is 10.8. The quantitative estimate of drug-likeness (QED) is 0.532. The number of anilines is 1. The van der Waals surface area contributed by atoms with Gasteiger partial charge in [0.05, 0.1) is 18.0 Å². The highest BCUT2D eigenvalue weighted by Gasteiger charge is 2.34. The molecule has 0 saturated heterocycles. The van der Waals surface area contributed by atoms with Gasteiger partial charge in [-0.3, -0.25) is 9.10 Å². The third kappa shape index (κ3) is 5.69. The van der Waals surface area contributed by atoms with Crippen LogP contribution in [0.2, 0.25) is 0 Å². The SMILES string of the molecule is CC1(C)CC(NC(=O)CN(c2ccc(Oc3ccccc3)cc2)S(C)(=O)=O)c2ccccc2O1. The maximum Gasteiger partial charge on any atom is 0.241 e. The zero-order valence-electron chi connectivity index (χ0n) is 19.4. The zero-order valence-corrected chi connectivity index (χ0v) is 20.2. The van der Waals surface area contributed by atoms with E-state index in [1.54, 1.807) is 24.3 Å². The van der Waals surface area contributed by atoms with E-state index in [4.69, 9.17) is 9.47 Å².